The molecule has 1 aliphatic carbocycles. The van der Waals surface area contributed by atoms with Crippen LogP contribution in [0.15, 0.2) is 24.3 Å². The van der Waals surface area contributed by atoms with Crippen LogP contribution in [0.3, 0.4) is 0 Å². The quantitative estimate of drug-likeness (QED) is 0.784. The Morgan fingerprint density at radius 3 is 3.00 bits per heavy atom. The summed E-state index contributed by atoms with van der Waals surface area (Å²) in [5.74, 6) is 0.960. The third-order valence-corrected chi connectivity index (χ3v) is 2.57. The summed E-state index contributed by atoms with van der Waals surface area (Å²) in [5, 5.41) is 12.0. The molecule has 0 spiro atoms. The second-order valence-electron chi connectivity index (χ2n) is 3.85. The van der Waals surface area contributed by atoms with Gasteiger partial charge in [-0.3, -0.25) is 0 Å². The average molecular weight is 186 g/mol. The van der Waals surface area contributed by atoms with Crippen molar-refractivity contribution in [2.75, 3.05) is 11.9 Å². The van der Waals surface area contributed by atoms with Crippen LogP contribution in [0.4, 0.5) is 5.69 Å². The van der Waals surface area contributed by atoms with Crippen molar-refractivity contribution in [1.29, 1.82) is 5.26 Å². The molecule has 1 saturated carbocycles. The molecule has 2 rings (SSSR count). The average Bonchev–Trinajstić information content (AvgIpc) is 3.02. The molecule has 0 atom stereocenters. The monoisotopic (exact) mass is 186 g/mol. The molecule has 0 aliphatic heterocycles. The fourth-order valence-electron chi connectivity index (χ4n) is 1.53. The van der Waals surface area contributed by atoms with Crippen LogP contribution in [0.1, 0.15) is 24.8 Å². The van der Waals surface area contributed by atoms with Crippen molar-refractivity contribution in [2.24, 2.45) is 5.92 Å². The Morgan fingerprint density at radius 1 is 1.43 bits per heavy atom. The maximum Gasteiger partial charge on any atom is 0.0992 e. The van der Waals surface area contributed by atoms with E-state index in [0.717, 1.165) is 23.7 Å². The normalized spacial score (nSPS) is 14.8. The number of nitriles is 1. The first-order chi connectivity index (χ1) is 6.88. The van der Waals surface area contributed by atoms with E-state index in [1.807, 2.05) is 24.3 Å². The standard InChI is InChI=1S/C12H14N2/c13-9-11-2-1-3-12(8-11)14-7-6-10-4-5-10/h1-3,8,10,14H,4-7H2. The molecular weight excluding hydrogens is 172 g/mol. The molecule has 0 aromatic heterocycles. The lowest BCUT2D eigenvalue weighted by molar-refractivity contribution is 0.760. The zero-order chi connectivity index (χ0) is 9.80. The van der Waals surface area contributed by atoms with Crippen LogP contribution in [0.5, 0.6) is 0 Å². The van der Waals surface area contributed by atoms with Gasteiger partial charge >= 0.3 is 0 Å². The molecule has 1 N–H and O–H groups in total. The molecule has 0 heterocycles. The molecule has 1 aromatic rings. The van der Waals surface area contributed by atoms with Gasteiger partial charge in [0.15, 0.2) is 0 Å². The summed E-state index contributed by atoms with van der Waals surface area (Å²) in [6, 6.07) is 9.78. The van der Waals surface area contributed by atoms with Crippen molar-refractivity contribution in [2.45, 2.75) is 19.3 Å². The number of hydrogen-bond donors (Lipinski definition) is 1. The van der Waals surface area contributed by atoms with E-state index in [-0.39, 0.29) is 0 Å². The molecule has 2 nitrogen and oxygen atoms in total. The first-order valence-corrected chi connectivity index (χ1v) is 5.12. The minimum atomic E-state index is 0.724. The lowest BCUT2D eigenvalue weighted by atomic mass is 10.2. The summed E-state index contributed by atoms with van der Waals surface area (Å²) in [4.78, 5) is 0. The number of nitrogens with one attached hydrogen (secondary N) is 1. The molecule has 72 valence electrons. The third-order valence-electron chi connectivity index (χ3n) is 2.57. The number of nitrogens with zero attached hydrogens (tertiary/aromatic N) is 1. The van der Waals surface area contributed by atoms with Crippen LogP contribution in [-0.4, -0.2) is 6.54 Å². The van der Waals surface area contributed by atoms with E-state index in [0.29, 0.717) is 0 Å². The SMILES string of the molecule is N#Cc1cccc(NCCC2CC2)c1. The molecule has 1 fully saturated rings. The molecule has 0 amide bonds. The first-order valence-electron chi connectivity index (χ1n) is 5.12. The number of benzene rings is 1. The summed E-state index contributed by atoms with van der Waals surface area (Å²) in [6.45, 7) is 1.03. The van der Waals surface area contributed by atoms with Crippen molar-refractivity contribution < 1.29 is 0 Å². The van der Waals surface area contributed by atoms with Gasteiger partial charge in [-0.2, -0.15) is 5.26 Å². The van der Waals surface area contributed by atoms with E-state index in [1.54, 1.807) is 0 Å². The van der Waals surface area contributed by atoms with Gasteiger partial charge in [0.2, 0.25) is 0 Å². The fourth-order valence-corrected chi connectivity index (χ4v) is 1.53. The fraction of sp³-hybridized carbons (Fsp3) is 0.417. The maximum absolute atomic E-state index is 8.71. The molecule has 0 unspecified atom stereocenters. The highest BCUT2D eigenvalue weighted by atomic mass is 14.9. The van der Waals surface area contributed by atoms with Crippen LogP contribution < -0.4 is 5.32 Å². The van der Waals surface area contributed by atoms with Crippen molar-refractivity contribution in [3.8, 4) is 6.07 Å². The molecule has 0 radical (unpaired) electrons. The van der Waals surface area contributed by atoms with Crippen molar-refractivity contribution in [3.63, 3.8) is 0 Å². The van der Waals surface area contributed by atoms with Crippen molar-refractivity contribution >= 4 is 5.69 Å². The molecule has 1 aliphatic rings. The lowest BCUT2D eigenvalue weighted by Crippen LogP contribution is -2.02. The number of rotatable bonds is 4. The maximum atomic E-state index is 8.71. The summed E-state index contributed by atoms with van der Waals surface area (Å²) in [7, 11) is 0. The van der Waals surface area contributed by atoms with E-state index in [9.17, 15) is 0 Å². The molecule has 0 bridgehead atoms. The van der Waals surface area contributed by atoms with Gasteiger partial charge in [0, 0.05) is 12.2 Å². The van der Waals surface area contributed by atoms with Crippen LogP contribution in [0, 0.1) is 17.2 Å². The van der Waals surface area contributed by atoms with E-state index in [2.05, 4.69) is 11.4 Å². The summed E-state index contributed by atoms with van der Waals surface area (Å²) in [6.07, 6.45) is 4.07. The van der Waals surface area contributed by atoms with E-state index in [1.165, 1.54) is 19.3 Å². The Labute approximate surface area is 84.6 Å². The van der Waals surface area contributed by atoms with Crippen LogP contribution in [-0.2, 0) is 0 Å². The highest BCUT2D eigenvalue weighted by Gasteiger charge is 2.19. The summed E-state index contributed by atoms with van der Waals surface area (Å²) < 4.78 is 0. The van der Waals surface area contributed by atoms with Gasteiger partial charge in [0.1, 0.15) is 0 Å². The number of anilines is 1. The molecular formula is C12H14N2. The first kappa shape index (κ1) is 9.08. The molecule has 14 heavy (non-hydrogen) atoms. The van der Waals surface area contributed by atoms with Gasteiger partial charge in [0.05, 0.1) is 11.6 Å². The van der Waals surface area contributed by atoms with Gasteiger partial charge < -0.3 is 5.32 Å². The van der Waals surface area contributed by atoms with Gasteiger partial charge in [-0.25, -0.2) is 0 Å². The zero-order valence-electron chi connectivity index (χ0n) is 8.16. The Morgan fingerprint density at radius 2 is 2.29 bits per heavy atom. The summed E-state index contributed by atoms with van der Waals surface area (Å²) in [5.41, 5.74) is 1.78. The molecule has 0 saturated heterocycles. The Kier molecular flexibility index (Phi) is 2.69. The predicted octanol–water partition coefficient (Wildman–Crippen LogP) is 2.77. The van der Waals surface area contributed by atoms with Crippen molar-refractivity contribution in [1.82, 2.24) is 0 Å². The van der Waals surface area contributed by atoms with Gasteiger partial charge in [-0.05, 0) is 30.5 Å². The largest absolute Gasteiger partial charge is 0.385 e. The van der Waals surface area contributed by atoms with Gasteiger partial charge in [0.25, 0.3) is 0 Å². The zero-order valence-corrected chi connectivity index (χ0v) is 8.16. The number of hydrogen-bond acceptors (Lipinski definition) is 2. The Hall–Kier alpha value is -1.49. The Balaban J connectivity index is 1.85. The minimum Gasteiger partial charge on any atom is -0.385 e. The van der Waals surface area contributed by atoms with Gasteiger partial charge in [-0.1, -0.05) is 18.9 Å². The van der Waals surface area contributed by atoms with Crippen LogP contribution in [0.2, 0.25) is 0 Å². The van der Waals surface area contributed by atoms with Crippen LogP contribution >= 0.6 is 0 Å². The molecule has 2 heteroatoms. The van der Waals surface area contributed by atoms with E-state index in [4.69, 9.17) is 5.26 Å². The highest BCUT2D eigenvalue weighted by Crippen LogP contribution is 2.32. The lowest BCUT2D eigenvalue weighted by Gasteiger charge is -2.05. The van der Waals surface area contributed by atoms with E-state index < -0.39 is 0 Å². The minimum absolute atomic E-state index is 0.724. The highest BCUT2D eigenvalue weighted by molar-refractivity contribution is 5.48. The summed E-state index contributed by atoms with van der Waals surface area (Å²) >= 11 is 0. The second kappa shape index (κ2) is 4.15. The van der Waals surface area contributed by atoms with Crippen molar-refractivity contribution in [3.05, 3.63) is 29.8 Å². The molecule has 1 aromatic carbocycles. The predicted molar refractivity (Wildman–Crippen MR) is 57.0 cm³/mol. The van der Waals surface area contributed by atoms with E-state index >= 15 is 0 Å². The topological polar surface area (TPSA) is 35.8 Å². The van der Waals surface area contributed by atoms with Gasteiger partial charge in [-0.15, -0.1) is 0 Å². The van der Waals surface area contributed by atoms with Crippen LogP contribution in [0.25, 0.3) is 0 Å². The Bertz CT molecular complexity index is 348. The smallest absolute Gasteiger partial charge is 0.0992 e. The third kappa shape index (κ3) is 2.50. The second-order valence-corrected chi connectivity index (χ2v) is 3.85.